The lowest BCUT2D eigenvalue weighted by Gasteiger charge is -2.25. The summed E-state index contributed by atoms with van der Waals surface area (Å²) in [6, 6.07) is 9.59. The fraction of sp³-hybridized carbons (Fsp3) is 0.500. The van der Waals surface area contributed by atoms with Gasteiger partial charge in [-0.05, 0) is 25.0 Å². The van der Waals surface area contributed by atoms with Crippen molar-refractivity contribution < 1.29 is 9.59 Å². The Labute approximate surface area is 120 Å². The molecule has 0 saturated heterocycles. The third-order valence-corrected chi connectivity index (χ3v) is 3.72. The maximum Gasteiger partial charge on any atom is 0.240 e. The molecule has 0 aliphatic heterocycles. The molecule has 0 spiro atoms. The quantitative estimate of drug-likeness (QED) is 0.917. The zero-order valence-corrected chi connectivity index (χ0v) is 12.0. The standard InChI is InChI=1S/C16H22N2O2/c1-13(19)18(15-10-6-3-7-11-15)12-16(20)17-14-8-4-2-5-9-14/h3,6-7,10-11,14H,2,4-5,8-9,12H2,1H3,(H,17,20). The van der Waals surface area contributed by atoms with Crippen LogP contribution in [0.5, 0.6) is 0 Å². The Kier molecular flexibility index (Phi) is 5.16. The van der Waals surface area contributed by atoms with Crippen molar-refractivity contribution in [1.29, 1.82) is 0 Å². The van der Waals surface area contributed by atoms with Gasteiger partial charge in [0.25, 0.3) is 0 Å². The molecule has 0 aromatic heterocycles. The Morgan fingerprint density at radius 1 is 1.15 bits per heavy atom. The molecule has 0 heterocycles. The topological polar surface area (TPSA) is 49.4 Å². The lowest BCUT2D eigenvalue weighted by atomic mass is 9.95. The van der Waals surface area contributed by atoms with E-state index >= 15 is 0 Å². The number of para-hydroxylation sites is 1. The zero-order chi connectivity index (χ0) is 14.4. The summed E-state index contributed by atoms with van der Waals surface area (Å²) in [5.41, 5.74) is 0.763. The number of rotatable bonds is 4. The van der Waals surface area contributed by atoms with E-state index in [1.54, 1.807) is 0 Å². The average molecular weight is 274 g/mol. The molecular weight excluding hydrogens is 252 g/mol. The van der Waals surface area contributed by atoms with Crippen molar-refractivity contribution in [3.8, 4) is 0 Å². The van der Waals surface area contributed by atoms with E-state index in [0.717, 1.165) is 18.5 Å². The van der Waals surface area contributed by atoms with Crippen LogP contribution in [0.3, 0.4) is 0 Å². The van der Waals surface area contributed by atoms with Gasteiger partial charge in [0.1, 0.15) is 6.54 Å². The van der Waals surface area contributed by atoms with Crippen molar-refractivity contribution >= 4 is 17.5 Å². The predicted molar refractivity (Wildman–Crippen MR) is 79.5 cm³/mol. The molecule has 1 saturated carbocycles. The zero-order valence-electron chi connectivity index (χ0n) is 12.0. The number of benzene rings is 1. The molecule has 1 fully saturated rings. The number of anilines is 1. The van der Waals surface area contributed by atoms with Crippen molar-refractivity contribution in [2.24, 2.45) is 0 Å². The van der Waals surface area contributed by atoms with Crippen LogP contribution in [-0.4, -0.2) is 24.4 Å². The van der Waals surface area contributed by atoms with E-state index in [-0.39, 0.29) is 24.4 Å². The number of amides is 2. The lowest BCUT2D eigenvalue weighted by Crippen LogP contribution is -2.44. The van der Waals surface area contributed by atoms with Crippen LogP contribution in [-0.2, 0) is 9.59 Å². The Morgan fingerprint density at radius 2 is 1.80 bits per heavy atom. The number of carbonyl (C=O) groups excluding carboxylic acids is 2. The van der Waals surface area contributed by atoms with Gasteiger partial charge in [-0.3, -0.25) is 9.59 Å². The monoisotopic (exact) mass is 274 g/mol. The summed E-state index contributed by atoms with van der Waals surface area (Å²) in [4.78, 5) is 25.3. The molecule has 1 aromatic rings. The first-order valence-electron chi connectivity index (χ1n) is 7.29. The van der Waals surface area contributed by atoms with Crippen molar-refractivity contribution in [1.82, 2.24) is 5.32 Å². The van der Waals surface area contributed by atoms with Gasteiger partial charge in [-0.1, -0.05) is 37.5 Å². The highest BCUT2D eigenvalue weighted by Gasteiger charge is 2.19. The first kappa shape index (κ1) is 14.6. The Morgan fingerprint density at radius 3 is 2.40 bits per heavy atom. The molecule has 1 N–H and O–H groups in total. The van der Waals surface area contributed by atoms with Gasteiger partial charge in [-0.25, -0.2) is 0 Å². The molecule has 1 aromatic carbocycles. The smallest absolute Gasteiger partial charge is 0.240 e. The second-order valence-electron chi connectivity index (χ2n) is 5.34. The maximum atomic E-state index is 12.1. The summed E-state index contributed by atoms with van der Waals surface area (Å²) in [5.74, 6) is -0.189. The summed E-state index contributed by atoms with van der Waals surface area (Å²) in [7, 11) is 0. The highest BCUT2D eigenvalue weighted by molar-refractivity contribution is 5.97. The van der Waals surface area contributed by atoms with Gasteiger partial charge in [0, 0.05) is 18.7 Å². The van der Waals surface area contributed by atoms with Gasteiger partial charge < -0.3 is 10.2 Å². The number of nitrogens with zero attached hydrogens (tertiary/aromatic N) is 1. The van der Waals surface area contributed by atoms with Gasteiger partial charge >= 0.3 is 0 Å². The molecule has 1 aliphatic rings. The van der Waals surface area contributed by atoms with Gasteiger partial charge in [0.2, 0.25) is 11.8 Å². The van der Waals surface area contributed by atoms with Crippen LogP contribution in [0.2, 0.25) is 0 Å². The molecule has 0 atom stereocenters. The summed E-state index contributed by atoms with van der Waals surface area (Å²) in [6.45, 7) is 1.58. The van der Waals surface area contributed by atoms with Crippen LogP contribution >= 0.6 is 0 Å². The highest BCUT2D eigenvalue weighted by Crippen LogP contribution is 2.18. The van der Waals surface area contributed by atoms with Crippen molar-refractivity contribution in [3.63, 3.8) is 0 Å². The SMILES string of the molecule is CC(=O)N(CC(=O)NC1CCCCC1)c1ccccc1. The summed E-state index contributed by atoms with van der Waals surface area (Å²) in [6.07, 6.45) is 5.73. The Hall–Kier alpha value is -1.84. The molecule has 0 unspecified atom stereocenters. The first-order valence-corrected chi connectivity index (χ1v) is 7.29. The summed E-state index contributed by atoms with van der Waals surface area (Å²) in [5, 5.41) is 3.04. The van der Waals surface area contributed by atoms with E-state index in [1.807, 2.05) is 30.3 Å². The fourth-order valence-electron chi connectivity index (χ4n) is 2.66. The molecule has 4 heteroatoms. The molecule has 1 aliphatic carbocycles. The fourth-order valence-corrected chi connectivity index (χ4v) is 2.66. The van der Waals surface area contributed by atoms with E-state index < -0.39 is 0 Å². The van der Waals surface area contributed by atoms with E-state index in [2.05, 4.69) is 5.32 Å². The third kappa shape index (κ3) is 4.08. The van der Waals surface area contributed by atoms with E-state index in [0.29, 0.717) is 0 Å². The van der Waals surface area contributed by atoms with Crippen molar-refractivity contribution in [2.45, 2.75) is 45.1 Å². The number of hydrogen-bond acceptors (Lipinski definition) is 2. The minimum Gasteiger partial charge on any atom is -0.352 e. The van der Waals surface area contributed by atoms with Gasteiger partial charge in [0.15, 0.2) is 0 Å². The molecular formula is C16H22N2O2. The van der Waals surface area contributed by atoms with Crippen LogP contribution in [0.15, 0.2) is 30.3 Å². The second-order valence-corrected chi connectivity index (χ2v) is 5.34. The van der Waals surface area contributed by atoms with E-state index in [9.17, 15) is 9.59 Å². The Balaban J connectivity index is 1.94. The van der Waals surface area contributed by atoms with E-state index in [4.69, 9.17) is 0 Å². The number of carbonyl (C=O) groups is 2. The first-order chi connectivity index (χ1) is 9.66. The predicted octanol–water partition coefficient (Wildman–Crippen LogP) is 2.49. The van der Waals surface area contributed by atoms with Crippen LogP contribution in [0, 0.1) is 0 Å². The normalized spacial score (nSPS) is 15.7. The van der Waals surface area contributed by atoms with Crippen molar-refractivity contribution in [3.05, 3.63) is 30.3 Å². The largest absolute Gasteiger partial charge is 0.352 e. The molecule has 0 bridgehead atoms. The van der Waals surface area contributed by atoms with Gasteiger partial charge in [0.05, 0.1) is 0 Å². The molecule has 20 heavy (non-hydrogen) atoms. The minimum atomic E-state index is -0.116. The molecule has 0 radical (unpaired) electrons. The van der Waals surface area contributed by atoms with Gasteiger partial charge in [-0.15, -0.1) is 0 Å². The van der Waals surface area contributed by atoms with Crippen LogP contribution in [0.1, 0.15) is 39.0 Å². The molecule has 108 valence electrons. The summed E-state index contributed by atoms with van der Waals surface area (Å²) >= 11 is 0. The maximum absolute atomic E-state index is 12.1. The van der Waals surface area contributed by atoms with Crippen LogP contribution in [0.25, 0.3) is 0 Å². The van der Waals surface area contributed by atoms with E-state index in [1.165, 1.54) is 31.1 Å². The Bertz CT molecular complexity index is 453. The van der Waals surface area contributed by atoms with Gasteiger partial charge in [-0.2, -0.15) is 0 Å². The summed E-state index contributed by atoms with van der Waals surface area (Å²) < 4.78 is 0. The third-order valence-electron chi connectivity index (χ3n) is 3.72. The van der Waals surface area contributed by atoms with Crippen LogP contribution in [0.4, 0.5) is 5.69 Å². The molecule has 4 nitrogen and oxygen atoms in total. The highest BCUT2D eigenvalue weighted by atomic mass is 16.2. The van der Waals surface area contributed by atoms with Crippen molar-refractivity contribution in [2.75, 3.05) is 11.4 Å². The second kappa shape index (κ2) is 7.08. The molecule has 2 rings (SSSR count). The minimum absolute atomic E-state index is 0.0732. The molecule has 2 amide bonds. The van der Waals surface area contributed by atoms with Crippen LogP contribution < -0.4 is 10.2 Å². The lowest BCUT2D eigenvalue weighted by molar-refractivity contribution is -0.123. The average Bonchev–Trinajstić information content (AvgIpc) is 2.46. The number of nitrogens with one attached hydrogen (secondary N) is 1. The number of hydrogen-bond donors (Lipinski definition) is 1.